The average Bonchev–Trinajstić information content (AvgIpc) is 3.51. The van der Waals surface area contributed by atoms with Gasteiger partial charge in [0.2, 0.25) is 0 Å². The summed E-state index contributed by atoms with van der Waals surface area (Å²) >= 11 is 0. The third-order valence-corrected chi connectivity index (χ3v) is 5.60. The fourth-order valence-electron chi connectivity index (χ4n) is 3.93. The van der Waals surface area contributed by atoms with Crippen LogP contribution in [0.5, 0.6) is 0 Å². The maximum Gasteiger partial charge on any atom is 0.317 e. The number of pyridine rings is 1. The highest BCUT2D eigenvalue weighted by molar-refractivity contribution is 6.01. The summed E-state index contributed by atoms with van der Waals surface area (Å²) in [7, 11) is 0. The molecule has 5 rings (SSSR count). The predicted octanol–water partition coefficient (Wildman–Crippen LogP) is 4.50. The molecule has 8 nitrogen and oxygen atoms in total. The van der Waals surface area contributed by atoms with Crippen molar-refractivity contribution in [3.63, 3.8) is 0 Å². The molecule has 8 heteroatoms. The molecule has 0 amide bonds. The van der Waals surface area contributed by atoms with E-state index in [2.05, 4.69) is 20.1 Å². The molecule has 0 spiro atoms. The van der Waals surface area contributed by atoms with Crippen LogP contribution < -0.4 is 0 Å². The minimum atomic E-state index is -4.77. The van der Waals surface area contributed by atoms with Gasteiger partial charge in [0.15, 0.2) is 11.6 Å². The molecule has 1 saturated heterocycles. The Morgan fingerprint density at radius 1 is 1.19 bits per heavy atom. The zero-order valence-electron chi connectivity index (χ0n) is 44.5. The van der Waals surface area contributed by atoms with Crippen LogP contribution in [-0.4, -0.2) is 41.9 Å². The van der Waals surface area contributed by atoms with Crippen molar-refractivity contribution in [3.05, 3.63) is 52.3 Å². The maximum absolute atomic E-state index is 14.3. The van der Waals surface area contributed by atoms with E-state index >= 15 is 0 Å². The van der Waals surface area contributed by atoms with Crippen molar-refractivity contribution in [2.75, 3.05) is 0 Å². The molecule has 3 aromatic rings. The molecule has 0 radical (unpaired) electrons. The quantitative estimate of drug-likeness (QED) is 0.313. The summed E-state index contributed by atoms with van der Waals surface area (Å²) in [6, 6.07) is -2.13. The minimum absolute atomic E-state index is 0.0193. The maximum atomic E-state index is 14.3. The van der Waals surface area contributed by atoms with Crippen molar-refractivity contribution < 1.29 is 48.6 Å². The highest BCUT2D eigenvalue weighted by atomic mass is 16.6. The summed E-state index contributed by atoms with van der Waals surface area (Å²) in [5.41, 5.74) is -9.06. The lowest BCUT2D eigenvalue weighted by molar-refractivity contribution is -0.185. The molecule has 2 fully saturated rings. The van der Waals surface area contributed by atoms with Crippen LogP contribution in [0.1, 0.15) is 120 Å². The monoisotopic (exact) mass is 528 g/mol. The Labute approximate surface area is 253 Å². The summed E-state index contributed by atoms with van der Waals surface area (Å²) in [4.78, 5) is 40.2. The summed E-state index contributed by atoms with van der Waals surface area (Å²) in [5.74, 6) is -10.6. The lowest BCUT2D eigenvalue weighted by Crippen LogP contribution is -2.52. The predicted molar refractivity (Wildman–Crippen MR) is 139 cm³/mol. The van der Waals surface area contributed by atoms with Gasteiger partial charge in [-0.1, -0.05) is 26.4 Å². The number of hydrogen-bond donors (Lipinski definition) is 0. The van der Waals surface area contributed by atoms with Crippen molar-refractivity contribution >= 4 is 17.5 Å². The number of ketones is 1. The number of carbonyl (C=O) groups is 2. The molecule has 3 aromatic heterocycles. The van der Waals surface area contributed by atoms with E-state index in [-0.39, 0.29) is 11.6 Å². The first kappa shape index (κ1) is 9.24. The second-order valence-electron chi connectivity index (χ2n) is 8.24. The van der Waals surface area contributed by atoms with Crippen molar-refractivity contribution in [2.24, 2.45) is 11.8 Å². The molecule has 196 valence electrons. The van der Waals surface area contributed by atoms with Crippen LogP contribution in [0.2, 0.25) is 0 Å². The van der Waals surface area contributed by atoms with Crippen LogP contribution in [0.4, 0.5) is 0 Å². The Hall–Kier alpha value is -3.16. The van der Waals surface area contributed by atoms with E-state index in [4.69, 9.17) is 32.2 Å². The molecule has 37 heavy (non-hydrogen) atoms. The Bertz CT molecular complexity index is 2270. The number of esters is 1. The van der Waals surface area contributed by atoms with Gasteiger partial charge in [0, 0.05) is 67.1 Å². The van der Waals surface area contributed by atoms with E-state index in [1.807, 2.05) is 0 Å². The van der Waals surface area contributed by atoms with Crippen LogP contribution in [0.3, 0.4) is 0 Å². The van der Waals surface area contributed by atoms with Gasteiger partial charge in [-0.3, -0.25) is 14.6 Å². The van der Waals surface area contributed by atoms with Gasteiger partial charge < -0.3 is 4.74 Å². The number of cyclic esters (lactones) is 1. The zero-order valence-corrected chi connectivity index (χ0v) is 19.5. The number of aryl methyl sites for hydroxylation is 4. The van der Waals surface area contributed by atoms with Gasteiger partial charge in [-0.15, -0.1) is 5.10 Å². The first-order valence-electron chi connectivity index (χ1n) is 23.4. The van der Waals surface area contributed by atoms with Crippen molar-refractivity contribution in [3.8, 4) is 0 Å². The first-order chi connectivity index (χ1) is 27.4. The van der Waals surface area contributed by atoms with Crippen molar-refractivity contribution in [2.45, 2.75) is 97.0 Å². The smallest absolute Gasteiger partial charge is 0.317 e. The standard InChI is InChI=1S/C29H37N5O3/c1-5-22-14-20(15-23(6-2)31-22)11-12-29(21-9-7-8-10-21)17-25(35)24(27(36)37-29)16-26-32-28-30-18(3)13-19(4)34(28)33-26/h13-15,21,24H,5-12,16-17H2,1-4H3/t24?,29-/m1/s1/i1D3,2D3,5D2,6D2,7D2,8D2,9D2,10D2,11D2,12D2,14D,15D,21D. The molecule has 1 aliphatic carbocycles. The number of carbonyl (C=O) groups excluding carboxylic acids is 2. The van der Waals surface area contributed by atoms with E-state index in [0.717, 1.165) is 0 Å². The average molecular weight is 529 g/mol. The highest BCUT2D eigenvalue weighted by Gasteiger charge is 2.51. The van der Waals surface area contributed by atoms with E-state index in [0.29, 0.717) is 11.4 Å². The topological polar surface area (TPSA) is 99.3 Å². The molecule has 0 bridgehead atoms. The van der Waals surface area contributed by atoms with Crippen LogP contribution in [-0.2, 0) is 39.9 Å². The lowest BCUT2D eigenvalue weighted by Gasteiger charge is -2.43. The molecule has 1 aliphatic heterocycles. The van der Waals surface area contributed by atoms with E-state index in [1.165, 1.54) is 4.52 Å². The number of aromatic nitrogens is 5. The fourth-order valence-corrected chi connectivity index (χ4v) is 3.93. The molecule has 1 unspecified atom stereocenters. The summed E-state index contributed by atoms with van der Waals surface area (Å²) in [6.45, 7) is -4.57. The lowest BCUT2D eigenvalue weighted by atomic mass is 9.73. The third-order valence-electron chi connectivity index (χ3n) is 5.60. The van der Waals surface area contributed by atoms with Gasteiger partial charge in [-0.2, -0.15) is 4.98 Å². The van der Waals surface area contributed by atoms with Gasteiger partial charge in [0.25, 0.3) is 5.78 Å². The summed E-state index contributed by atoms with van der Waals surface area (Å²) < 4.78 is 220. The number of rotatable bonds is 8. The minimum Gasteiger partial charge on any atom is -0.458 e. The number of nitrogens with zero attached hydrogens (tertiary/aromatic N) is 5. The third kappa shape index (κ3) is 5.15. The van der Waals surface area contributed by atoms with Gasteiger partial charge in [-0.05, 0) is 81.7 Å². The number of Topliss-reactive ketones (excluding diaryl/α,β-unsaturated/α-hetero) is 1. The molecule has 2 atom stereocenters. The van der Waals surface area contributed by atoms with E-state index < -0.39 is 136 Å². The first-order valence-corrected chi connectivity index (χ1v) is 10.9. The number of hydrogen-bond acceptors (Lipinski definition) is 7. The normalized spacial score (nSPS) is 41.1. The van der Waals surface area contributed by atoms with Crippen LogP contribution in [0.25, 0.3) is 5.78 Å². The van der Waals surface area contributed by atoms with Gasteiger partial charge in [0.05, 0.1) is 2.74 Å². The van der Waals surface area contributed by atoms with E-state index in [1.54, 1.807) is 19.9 Å². The van der Waals surface area contributed by atoms with Gasteiger partial charge in [-0.25, -0.2) is 9.50 Å². The van der Waals surface area contributed by atoms with Crippen LogP contribution in [0, 0.1) is 25.7 Å². The highest BCUT2D eigenvalue weighted by Crippen LogP contribution is 2.45. The zero-order chi connectivity index (χ0) is 48.2. The molecule has 0 aromatic carbocycles. The van der Waals surface area contributed by atoms with E-state index in [9.17, 15) is 16.4 Å². The SMILES string of the molecule is [2H]c1c(C([2H])([2H])C([2H])([2H])[2H])nc(C([2H])([2H])C([2H])([2H])[2H])c([2H])c1C([2H])([2H])C([2H])([2H])[C@]1(C2([2H])C([2H])([2H])C([2H])([2H])C([2H])([2H])C2([2H])[2H])CC(=O)C(Cc2nc3nc(C)cc(C)n3n2)C(=O)O1. The van der Waals surface area contributed by atoms with Crippen molar-refractivity contribution in [1.82, 2.24) is 24.6 Å². The second-order valence-corrected chi connectivity index (χ2v) is 8.24. The Kier molecular flexibility index (Phi) is 2.57. The van der Waals surface area contributed by atoms with Gasteiger partial charge in [0.1, 0.15) is 11.5 Å². The summed E-state index contributed by atoms with van der Waals surface area (Å²) in [6.07, 6.45) is -37.4. The number of fused-ring (bicyclic) bond motifs is 1. The molecular formula is C29H37N5O3. The second kappa shape index (κ2) is 10.3. The number of ether oxygens (including phenoxy) is 1. The Balaban J connectivity index is 1.88. The molecule has 0 N–H and O–H groups in total. The van der Waals surface area contributed by atoms with Crippen molar-refractivity contribution in [1.29, 1.82) is 0 Å². The Morgan fingerprint density at radius 3 is 2.59 bits per heavy atom. The van der Waals surface area contributed by atoms with Gasteiger partial charge >= 0.3 is 5.97 Å². The molecule has 1 saturated carbocycles. The molecular weight excluding hydrogens is 466 g/mol. The van der Waals surface area contributed by atoms with Crippen LogP contribution >= 0.6 is 0 Å². The fraction of sp³-hybridized carbons (Fsp3) is 0.586. The largest absolute Gasteiger partial charge is 0.458 e. The van der Waals surface area contributed by atoms with Crippen LogP contribution in [0.15, 0.2) is 18.2 Å². The Morgan fingerprint density at radius 2 is 1.92 bits per heavy atom. The summed E-state index contributed by atoms with van der Waals surface area (Å²) in [5, 5.41) is 4.17. The molecule has 2 aliphatic rings. The molecule has 4 heterocycles.